The topological polar surface area (TPSA) is 135 Å². The van der Waals surface area contributed by atoms with Gasteiger partial charge in [0, 0.05) is 13.8 Å². The average Bonchev–Trinajstić information content (AvgIpc) is 2.96. The molecule has 0 fully saturated rings. The van der Waals surface area contributed by atoms with Gasteiger partial charge in [-0.25, -0.2) is 14.0 Å². The van der Waals surface area contributed by atoms with Crippen LogP contribution in [0.2, 0.25) is 0 Å². The van der Waals surface area contributed by atoms with Crippen LogP contribution in [0.3, 0.4) is 0 Å². The van der Waals surface area contributed by atoms with Crippen molar-refractivity contribution in [1.82, 2.24) is 9.55 Å². The molecule has 0 bridgehead atoms. The molecule has 1 N–H and O–H groups in total. The quantitative estimate of drug-likeness (QED) is 0.366. The third kappa shape index (κ3) is 6.27. The first kappa shape index (κ1) is 23.8. The van der Waals surface area contributed by atoms with Crippen LogP contribution in [0.4, 0.5) is 15.0 Å². The first-order valence-corrected chi connectivity index (χ1v) is 9.59. The molecule has 0 spiro atoms. The zero-order chi connectivity index (χ0) is 23.1. The Balaban J connectivity index is 2.23. The molecule has 1 aliphatic heterocycles. The molecule has 0 aliphatic carbocycles. The number of hydrogen-bond donors (Lipinski definition) is 1. The summed E-state index contributed by atoms with van der Waals surface area (Å²) in [7, 11) is 0. The maximum atomic E-state index is 14.5. The minimum absolute atomic E-state index is 0.0663. The molecule has 1 aliphatic rings. The minimum Gasteiger partial charge on any atom is -0.466 e. The van der Waals surface area contributed by atoms with E-state index >= 15 is 0 Å². The highest BCUT2D eigenvalue weighted by Crippen LogP contribution is 2.35. The van der Waals surface area contributed by atoms with Crippen molar-refractivity contribution in [2.45, 2.75) is 59.3 Å². The summed E-state index contributed by atoms with van der Waals surface area (Å²) in [5, 5.41) is 2.07. The third-order valence-corrected chi connectivity index (χ3v) is 4.09. The summed E-state index contributed by atoms with van der Waals surface area (Å²) in [5.74, 6) is -3.20. The highest BCUT2D eigenvalue weighted by Gasteiger charge is 2.42. The van der Waals surface area contributed by atoms with Crippen molar-refractivity contribution in [2.75, 3.05) is 11.9 Å². The molecule has 0 radical (unpaired) electrons. The number of halogens is 1. The Morgan fingerprint density at radius 1 is 1.26 bits per heavy atom. The smallest absolute Gasteiger partial charge is 0.412 e. The van der Waals surface area contributed by atoms with Crippen molar-refractivity contribution in [2.24, 2.45) is 0 Å². The SMILES string of the molecule is CCCCCOC(=O)Nc1nc(=O)n([C@@H]2OC(C)=C(OC(C)=O)C2OC(C)=O)cc1F. The Bertz CT molecular complexity index is 943. The maximum Gasteiger partial charge on any atom is 0.412 e. The number of ether oxygens (including phenoxy) is 4. The monoisotopic (exact) mass is 441 g/mol. The Morgan fingerprint density at radius 3 is 2.58 bits per heavy atom. The first-order valence-electron chi connectivity index (χ1n) is 9.59. The number of nitrogens with zero attached hydrogens (tertiary/aromatic N) is 2. The number of nitrogens with one attached hydrogen (secondary N) is 1. The number of unbranched alkanes of at least 4 members (excludes halogenated alkanes) is 2. The molecule has 12 heteroatoms. The zero-order valence-electron chi connectivity index (χ0n) is 17.6. The average molecular weight is 441 g/mol. The molecular weight excluding hydrogens is 417 g/mol. The van der Waals surface area contributed by atoms with Gasteiger partial charge in [-0.05, 0) is 13.3 Å². The molecule has 1 aromatic rings. The zero-order valence-corrected chi connectivity index (χ0v) is 17.6. The lowest BCUT2D eigenvalue weighted by molar-refractivity contribution is -0.156. The van der Waals surface area contributed by atoms with Crippen molar-refractivity contribution in [3.8, 4) is 0 Å². The van der Waals surface area contributed by atoms with Gasteiger partial charge in [0.05, 0.1) is 12.8 Å². The molecule has 2 rings (SSSR count). The molecule has 1 unspecified atom stereocenters. The number of anilines is 1. The lowest BCUT2D eigenvalue weighted by atomic mass is 10.2. The van der Waals surface area contributed by atoms with Crippen molar-refractivity contribution in [3.63, 3.8) is 0 Å². The number of carbonyl (C=O) groups excluding carboxylic acids is 3. The van der Waals surface area contributed by atoms with Crippen molar-refractivity contribution in [1.29, 1.82) is 0 Å². The van der Waals surface area contributed by atoms with E-state index in [1.54, 1.807) is 0 Å². The van der Waals surface area contributed by atoms with Crippen LogP contribution in [0.25, 0.3) is 0 Å². The van der Waals surface area contributed by atoms with E-state index in [9.17, 15) is 23.6 Å². The third-order valence-electron chi connectivity index (χ3n) is 4.09. The van der Waals surface area contributed by atoms with Gasteiger partial charge in [-0.1, -0.05) is 19.8 Å². The van der Waals surface area contributed by atoms with Crippen LogP contribution in [-0.2, 0) is 28.5 Å². The maximum absolute atomic E-state index is 14.5. The fourth-order valence-electron chi connectivity index (χ4n) is 2.77. The molecule has 170 valence electrons. The van der Waals surface area contributed by atoms with E-state index < -0.39 is 47.7 Å². The van der Waals surface area contributed by atoms with Crippen LogP contribution in [0.1, 0.15) is 53.2 Å². The number of hydrogen-bond acceptors (Lipinski definition) is 9. The van der Waals surface area contributed by atoms with Crippen LogP contribution in [0.5, 0.6) is 0 Å². The number of carbonyl (C=O) groups is 3. The lowest BCUT2D eigenvalue weighted by Gasteiger charge is -2.22. The first-order chi connectivity index (χ1) is 14.6. The van der Waals surface area contributed by atoms with Crippen LogP contribution >= 0.6 is 0 Å². The van der Waals surface area contributed by atoms with Gasteiger partial charge < -0.3 is 18.9 Å². The predicted octanol–water partition coefficient (Wildman–Crippen LogP) is 2.38. The Labute approximate surface area is 177 Å². The summed E-state index contributed by atoms with van der Waals surface area (Å²) in [6.45, 7) is 5.79. The number of esters is 2. The molecule has 0 aromatic carbocycles. The molecule has 11 nitrogen and oxygen atoms in total. The summed E-state index contributed by atoms with van der Waals surface area (Å²) in [5.41, 5.74) is -1.01. The second-order valence-electron chi connectivity index (χ2n) is 6.65. The Kier molecular flexibility index (Phi) is 8.11. The second kappa shape index (κ2) is 10.5. The van der Waals surface area contributed by atoms with Crippen LogP contribution in [-0.4, -0.2) is 40.3 Å². The largest absolute Gasteiger partial charge is 0.466 e. The van der Waals surface area contributed by atoms with Gasteiger partial charge in [-0.2, -0.15) is 4.98 Å². The van der Waals surface area contributed by atoms with Gasteiger partial charge >= 0.3 is 23.7 Å². The van der Waals surface area contributed by atoms with Crippen molar-refractivity contribution >= 4 is 23.8 Å². The fraction of sp³-hybridized carbons (Fsp3) is 0.526. The summed E-state index contributed by atoms with van der Waals surface area (Å²) in [4.78, 5) is 50.6. The molecular formula is C19H24FN3O8. The van der Waals surface area contributed by atoms with Gasteiger partial charge in [-0.3, -0.25) is 19.5 Å². The van der Waals surface area contributed by atoms with Gasteiger partial charge in [0.2, 0.25) is 12.3 Å². The van der Waals surface area contributed by atoms with E-state index in [1.807, 2.05) is 6.92 Å². The highest BCUT2D eigenvalue weighted by molar-refractivity contribution is 5.83. The predicted molar refractivity (Wildman–Crippen MR) is 103 cm³/mol. The van der Waals surface area contributed by atoms with E-state index in [4.69, 9.17) is 18.9 Å². The van der Waals surface area contributed by atoms with Gasteiger partial charge in [0.15, 0.2) is 17.4 Å². The van der Waals surface area contributed by atoms with E-state index in [1.165, 1.54) is 6.92 Å². The van der Waals surface area contributed by atoms with Gasteiger partial charge in [-0.15, -0.1) is 0 Å². The summed E-state index contributed by atoms with van der Waals surface area (Å²) in [6.07, 6.45) is -0.481. The molecule has 1 aromatic heterocycles. The molecule has 2 heterocycles. The van der Waals surface area contributed by atoms with Crippen LogP contribution in [0.15, 0.2) is 22.5 Å². The fourth-order valence-corrected chi connectivity index (χ4v) is 2.77. The van der Waals surface area contributed by atoms with E-state index in [0.29, 0.717) is 6.42 Å². The lowest BCUT2D eigenvalue weighted by Crippen LogP contribution is -2.36. The molecule has 2 atom stereocenters. The number of aromatic nitrogens is 2. The van der Waals surface area contributed by atoms with E-state index in [0.717, 1.165) is 37.5 Å². The summed E-state index contributed by atoms with van der Waals surface area (Å²) >= 11 is 0. The Morgan fingerprint density at radius 2 is 1.97 bits per heavy atom. The van der Waals surface area contributed by atoms with Crippen LogP contribution < -0.4 is 11.0 Å². The number of amides is 1. The van der Waals surface area contributed by atoms with E-state index in [2.05, 4.69) is 10.3 Å². The molecule has 0 saturated carbocycles. The van der Waals surface area contributed by atoms with Gasteiger partial charge in [0.1, 0.15) is 5.76 Å². The Hall–Kier alpha value is -3.44. The summed E-state index contributed by atoms with van der Waals surface area (Å²) < 4.78 is 35.8. The summed E-state index contributed by atoms with van der Waals surface area (Å²) in [6, 6.07) is 0. The minimum atomic E-state index is -1.37. The number of allylic oxidation sites excluding steroid dienone is 1. The normalized spacial score (nSPS) is 17.7. The van der Waals surface area contributed by atoms with Crippen molar-refractivity contribution in [3.05, 3.63) is 34.0 Å². The highest BCUT2D eigenvalue weighted by atomic mass is 19.1. The molecule has 1 amide bonds. The molecule has 0 saturated heterocycles. The van der Waals surface area contributed by atoms with E-state index in [-0.39, 0.29) is 18.1 Å². The molecule has 31 heavy (non-hydrogen) atoms. The number of rotatable bonds is 8. The van der Waals surface area contributed by atoms with Crippen LogP contribution in [0, 0.1) is 5.82 Å². The second-order valence-corrected chi connectivity index (χ2v) is 6.65. The van der Waals surface area contributed by atoms with Crippen molar-refractivity contribution < 1.29 is 37.7 Å². The van der Waals surface area contributed by atoms with Gasteiger partial charge in [0.25, 0.3) is 0 Å². The standard InChI is InChI=1S/C19H24FN3O8/c1-5-6-7-8-28-19(27)22-16-13(20)9-23(18(26)21-16)17-15(31-12(4)25)14(10(2)29-17)30-11(3)24/h9,15,17H,5-8H2,1-4H3,(H,21,22,26,27)/t15?,17-/m1/s1.